The van der Waals surface area contributed by atoms with Gasteiger partial charge in [0.2, 0.25) is 0 Å². The van der Waals surface area contributed by atoms with Gasteiger partial charge in [0.15, 0.2) is 9.84 Å². The fourth-order valence-electron chi connectivity index (χ4n) is 2.94. The standard InChI is InChI=1S/C14H26N2O5S/c1-2-21-14(17)16(13-4-11-22(18,19)12-13)6-3-5-15-7-9-20-10-8-15/h13H,2-12H2,1H3. The lowest BCUT2D eigenvalue weighted by atomic mass is 10.2. The number of amides is 1. The fraction of sp³-hybridized carbons (Fsp3) is 0.929. The van der Waals surface area contributed by atoms with E-state index in [4.69, 9.17) is 9.47 Å². The van der Waals surface area contributed by atoms with Crippen LogP contribution in [0.15, 0.2) is 0 Å². The minimum absolute atomic E-state index is 0.0589. The number of nitrogens with zero attached hydrogens (tertiary/aromatic N) is 2. The van der Waals surface area contributed by atoms with Gasteiger partial charge in [0.05, 0.1) is 31.3 Å². The number of hydrogen-bond donors (Lipinski definition) is 0. The minimum Gasteiger partial charge on any atom is -0.450 e. The second-order valence-electron chi connectivity index (χ2n) is 5.76. The maximum atomic E-state index is 12.1. The van der Waals surface area contributed by atoms with Gasteiger partial charge in [-0.3, -0.25) is 4.90 Å². The molecule has 0 aromatic carbocycles. The molecule has 0 aromatic heterocycles. The summed E-state index contributed by atoms with van der Waals surface area (Å²) in [4.78, 5) is 16.0. The van der Waals surface area contributed by atoms with E-state index in [1.54, 1.807) is 11.8 Å². The molecule has 22 heavy (non-hydrogen) atoms. The van der Waals surface area contributed by atoms with Gasteiger partial charge in [0, 0.05) is 32.2 Å². The summed E-state index contributed by atoms with van der Waals surface area (Å²) in [5.41, 5.74) is 0. The van der Waals surface area contributed by atoms with Crippen LogP contribution in [0.25, 0.3) is 0 Å². The van der Waals surface area contributed by atoms with Crippen molar-refractivity contribution < 1.29 is 22.7 Å². The molecule has 0 radical (unpaired) electrons. The first-order valence-corrected chi connectivity index (χ1v) is 9.78. The van der Waals surface area contributed by atoms with E-state index in [-0.39, 0.29) is 17.5 Å². The third-order valence-corrected chi connectivity index (χ3v) is 5.88. The van der Waals surface area contributed by atoms with E-state index >= 15 is 0 Å². The van der Waals surface area contributed by atoms with Crippen LogP contribution in [0.5, 0.6) is 0 Å². The quantitative estimate of drug-likeness (QED) is 0.698. The van der Waals surface area contributed by atoms with Gasteiger partial charge in [-0.25, -0.2) is 13.2 Å². The molecule has 2 aliphatic rings. The van der Waals surface area contributed by atoms with E-state index in [9.17, 15) is 13.2 Å². The van der Waals surface area contributed by atoms with Crippen LogP contribution in [-0.4, -0.2) is 87.9 Å². The number of carbonyl (C=O) groups excluding carboxylic acids is 1. The van der Waals surface area contributed by atoms with Crippen LogP contribution < -0.4 is 0 Å². The molecule has 2 saturated heterocycles. The zero-order chi connectivity index (χ0) is 16.0. The third kappa shape index (κ3) is 5.10. The Kier molecular flexibility index (Phi) is 6.46. The lowest BCUT2D eigenvalue weighted by Gasteiger charge is -2.30. The van der Waals surface area contributed by atoms with Crippen molar-refractivity contribution in [1.29, 1.82) is 0 Å². The lowest BCUT2D eigenvalue weighted by molar-refractivity contribution is 0.0349. The van der Waals surface area contributed by atoms with E-state index < -0.39 is 15.9 Å². The van der Waals surface area contributed by atoms with Gasteiger partial charge in [-0.15, -0.1) is 0 Å². The second kappa shape index (κ2) is 8.12. The van der Waals surface area contributed by atoms with Crippen LogP contribution in [0.2, 0.25) is 0 Å². The molecule has 1 amide bonds. The monoisotopic (exact) mass is 334 g/mol. The molecule has 7 nitrogen and oxygen atoms in total. The molecule has 2 rings (SSSR count). The Morgan fingerprint density at radius 3 is 2.68 bits per heavy atom. The van der Waals surface area contributed by atoms with E-state index in [0.29, 0.717) is 19.6 Å². The zero-order valence-electron chi connectivity index (χ0n) is 13.2. The minimum atomic E-state index is -3.01. The molecule has 1 unspecified atom stereocenters. The van der Waals surface area contributed by atoms with Crippen LogP contribution in [0.3, 0.4) is 0 Å². The molecule has 8 heteroatoms. The van der Waals surface area contributed by atoms with Gasteiger partial charge < -0.3 is 14.4 Å². The summed E-state index contributed by atoms with van der Waals surface area (Å²) in [7, 11) is -3.01. The molecular weight excluding hydrogens is 308 g/mol. The first kappa shape index (κ1) is 17.5. The van der Waals surface area contributed by atoms with Crippen molar-refractivity contribution in [1.82, 2.24) is 9.80 Å². The predicted octanol–water partition coefficient (Wildman–Crippen LogP) is 0.354. The van der Waals surface area contributed by atoms with Crippen LogP contribution in [0.1, 0.15) is 19.8 Å². The summed E-state index contributed by atoms with van der Waals surface area (Å²) in [6.07, 6.45) is 0.931. The largest absolute Gasteiger partial charge is 0.450 e. The number of morpholine rings is 1. The van der Waals surface area contributed by atoms with Crippen molar-refractivity contribution in [3.63, 3.8) is 0 Å². The van der Waals surface area contributed by atoms with Gasteiger partial charge in [-0.05, 0) is 19.8 Å². The highest BCUT2D eigenvalue weighted by Gasteiger charge is 2.35. The van der Waals surface area contributed by atoms with Crippen molar-refractivity contribution >= 4 is 15.9 Å². The second-order valence-corrected chi connectivity index (χ2v) is 7.99. The molecular formula is C14H26N2O5S. The maximum Gasteiger partial charge on any atom is 0.410 e. The smallest absolute Gasteiger partial charge is 0.410 e. The van der Waals surface area contributed by atoms with Gasteiger partial charge >= 0.3 is 6.09 Å². The molecule has 0 spiro atoms. The average Bonchev–Trinajstić information content (AvgIpc) is 2.85. The normalized spacial score (nSPS) is 25.0. The highest BCUT2D eigenvalue weighted by Crippen LogP contribution is 2.19. The summed E-state index contributed by atoms with van der Waals surface area (Å²) in [6.45, 7) is 6.82. The molecule has 0 aromatic rings. The molecule has 128 valence electrons. The third-order valence-electron chi connectivity index (χ3n) is 4.13. The van der Waals surface area contributed by atoms with Crippen molar-refractivity contribution in [2.45, 2.75) is 25.8 Å². The number of ether oxygens (including phenoxy) is 2. The molecule has 0 N–H and O–H groups in total. The van der Waals surface area contributed by atoms with Crippen LogP contribution in [0.4, 0.5) is 4.79 Å². The fourth-order valence-corrected chi connectivity index (χ4v) is 4.67. The summed E-state index contributed by atoms with van der Waals surface area (Å²) in [5, 5.41) is 0. The molecule has 1 atom stereocenters. The molecule has 2 aliphatic heterocycles. The topological polar surface area (TPSA) is 76.2 Å². The average molecular weight is 334 g/mol. The van der Waals surface area contributed by atoms with Crippen LogP contribution in [0, 0.1) is 0 Å². The number of hydrogen-bond acceptors (Lipinski definition) is 6. The summed E-state index contributed by atoms with van der Waals surface area (Å²) in [6, 6.07) is -0.242. The number of rotatable bonds is 6. The van der Waals surface area contributed by atoms with Crippen LogP contribution >= 0.6 is 0 Å². The zero-order valence-corrected chi connectivity index (χ0v) is 14.0. The lowest BCUT2D eigenvalue weighted by Crippen LogP contribution is -2.44. The Hall–Kier alpha value is -0.860. The van der Waals surface area contributed by atoms with E-state index in [1.165, 1.54) is 0 Å². The highest BCUT2D eigenvalue weighted by molar-refractivity contribution is 7.91. The summed E-state index contributed by atoms with van der Waals surface area (Å²) in [5.74, 6) is 0.223. The Bertz CT molecular complexity index is 462. The first-order valence-electron chi connectivity index (χ1n) is 7.96. The SMILES string of the molecule is CCOC(=O)N(CCCN1CCOCC1)C1CCS(=O)(=O)C1. The van der Waals surface area contributed by atoms with E-state index in [0.717, 1.165) is 39.3 Å². The van der Waals surface area contributed by atoms with Gasteiger partial charge in [0.25, 0.3) is 0 Å². The van der Waals surface area contributed by atoms with Gasteiger partial charge in [-0.2, -0.15) is 0 Å². The molecule has 2 heterocycles. The first-order chi connectivity index (χ1) is 10.5. The molecule has 0 saturated carbocycles. The Balaban J connectivity index is 1.85. The van der Waals surface area contributed by atoms with Crippen molar-refractivity contribution in [2.24, 2.45) is 0 Å². The number of sulfone groups is 1. The van der Waals surface area contributed by atoms with Gasteiger partial charge in [-0.1, -0.05) is 0 Å². The Morgan fingerprint density at radius 2 is 2.09 bits per heavy atom. The maximum absolute atomic E-state index is 12.1. The Labute approximate surface area is 132 Å². The van der Waals surface area contributed by atoms with Crippen LogP contribution in [-0.2, 0) is 19.3 Å². The summed E-state index contributed by atoms with van der Waals surface area (Å²) >= 11 is 0. The van der Waals surface area contributed by atoms with Crippen molar-refractivity contribution in [3.05, 3.63) is 0 Å². The predicted molar refractivity (Wildman–Crippen MR) is 82.7 cm³/mol. The van der Waals surface area contributed by atoms with Crippen molar-refractivity contribution in [3.8, 4) is 0 Å². The summed E-state index contributed by atoms with van der Waals surface area (Å²) < 4.78 is 33.7. The van der Waals surface area contributed by atoms with E-state index in [1.807, 2.05) is 0 Å². The van der Waals surface area contributed by atoms with Gasteiger partial charge in [0.1, 0.15) is 0 Å². The van der Waals surface area contributed by atoms with Crippen molar-refractivity contribution in [2.75, 3.05) is 57.5 Å². The van der Waals surface area contributed by atoms with E-state index in [2.05, 4.69) is 4.90 Å². The number of carbonyl (C=O) groups is 1. The molecule has 0 bridgehead atoms. The Morgan fingerprint density at radius 1 is 1.36 bits per heavy atom. The molecule has 0 aliphatic carbocycles. The highest BCUT2D eigenvalue weighted by atomic mass is 32.2. The molecule has 2 fully saturated rings.